The molecule has 1 aliphatic heterocycles. The quantitative estimate of drug-likeness (QED) is 0.273. The zero-order chi connectivity index (χ0) is 29.0. The molecule has 0 fully saturated rings. The van der Waals surface area contributed by atoms with Crippen LogP contribution in [0.25, 0.3) is 16.3 Å². The number of para-hydroxylation sites is 4. The molecule has 11 heteroatoms. The van der Waals surface area contributed by atoms with E-state index in [2.05, 4.69) is 131 Å². The molecule has 0 amide bonds. The van der Waals surface area contributed by atoms with Crippen LogP contribution in [0.1, 0.15) is 22.6 Å². The van der Waals surface area contributed by atoms with Crippen LogP contribution in [-0.2, 0) is 13.1 Å². The van der Waals surface area contributed by atoms with Crippen LogP contribution >= 0.6 is 22.7 Å². The summed E-state index contributed by atoms with van der Waals surface area (Å²) >= 11 is 3.54. The van der Waals surface area contributed by atoms with Gasteiger partial charge in [-0.15, -0.1) is 21.6 Å². The molecule has 2 aromatic heterocycles. The number of thiazole rings is 2. The van der Waals surface area contributed by atoms with Crippen LogP contribution in [0.5, 0.6) is 0 Å². The van der Waals surface area contributed by atoms with Gasteiger partial charge in [0.15, 0.2) is 0 Å². The van der Waals surface area contributed by atoms with Gasteiger partial charge < -0.3 is 4.90 Å². The van der Waals surface area contributed by atoms with Crippen molar-refractivity contribution in [3.8, 4) is 0 Å². The molecule has 41 heavy (non-hydrogen) atoms. The Morgan fingerprint density at radius 3 is 2.24 bits per heavy atom. The smallest absolute Gasteiger partial charge is 0.262 e. The fourth-order valence-electron chi connectivity index (χ4n) is 4.79. The van der Waals surface area contributed by atoms with Crippen molar-refractivity contribution in [3.05, 3.63) is 118 Å². The van der Waals surface area contributed by atoms with Gasteiger partial charge in [0.05, 0.1) is 28.6 Å². The molecule has 0 N–H and O–H groups in total. The fourth-order valence-corrected chi connectivity index (χ4v) is 6.53. The van der Waals surface area contributed by atoms with Crippen molar-refractivity contribution in [1.82, 2.24) is 4.98 Å². The third kappa shape index (κ3) is 6.83. The SMILES string of the molecule is CC[n+]1c(/C=C/C=C2\N(Cc3csc(C)n3)c3ccccc3N2c2ccccc2)sc2ccccc21.[O-][Cl+3]([O-])([O-])[O-]. The normalized spacial score (nSPS) is 14.1. The van der Waals surface area contributed by atoms with Crippen molar-refractivity contribution in [3.63, 3.8) is 0 Å². The highest BCUT2D eigenvalue weighted by atomic mass is 35.7. The van der Waals surface area contributed by atoms with Crippen LogP contribution in [0.2, 0.25) is 0 Å². The van der Waals surface area contributed by atoms with E-state index in [-0.39, 0.29) is 0 Å². The monoisotopic (exact) mass is 606 g/mol. The summed E-state index contributed by atoms with van der Waals surface area (Å²) < 4.78 is 37.7. The Balaban J connectivity index is 0.000000623. The first-order valence-corrected chi connectivity index (χ1v) is 15.7. The van der Waals surface area contributed by atoms with Gasteiger partial charge in [-0.05, 0) is 50.3 Å². The van der Waals surface area contributed by atoms with E-state index in [4.69, 9.17) is 23.6 Å². The van der Waals surface area contributed by atoms with Crippen molar-refractivity contribution in [2.24, 2.45) is 0 Å². The first kappa shape index (κ1) is 28.9. The molecule has 0 bridgehead atoms. The standard InChI is InChI=1S/C30H27N4S2.ClHO4/c1-3-32-27-16-9-10-17-28(27)36-30(32)19-11-18-29-33(20-23-21-35-22(2)31-23)25-14-7-8-15-26(25)34(29)24-12-5-4-6-13-24;2-1(3,4)5/h4-19,21H,3,20H2,1-2H3;(H,2,3,4,5)/q+1;/p-1. The summed E-state index contributed by atoms with van der Waals surface area (Å²) in [5.41, 5.74) is 5.90. The van der Waals surface area contributed by atoms with Crippen molar-refractivity contribution >= 4 is 56.0 Å². The van der Waals surface area contributed by atoms with Gasteiger partial charge in [-0.3, -0.25) is 4.90 Å². The van der Waals surface area contributed by atoms with Gasteiger partial charge in [0.25, 0.3) is 5.01 Å². The van der Waals surface area contributed by atoms with E-state index < -0.39 is 10.2 Å². The molecule has 1 aliphatic rings. The number of fused-ring (bicyclic) bond motifs is 2. The van der Waals surface area contributed by atoms with E-state index in [0.717, 1.165) is 35.3 Å². The number of aromatic nitrogens is 2. The lowest BCUT2D eigenvalue weighted by Gasteiger charge is -2.25. The molecule has 3 aromatic carbocycles. The number of halogens is 1. The Bertz CT molecular complexity index is 1690. The molecule has 0 saturated carbocycles. The van der Waals surface area contributed by atoms with Crippen molar-refractivity contribution in [2.75, 3.05) is 9.80 Å². The van der Waals surface area contributed by atoms with Gasteiger partial charge in [-0.25, -0.2) is 23.6 Å². The maximum Gasteiger partial charge on any atom is 0.262 e. The number of hydrogen-bond acceptors (Lipinski definition) is 9. The predicted molar refractivity (Wildman–Crippen MR) is 153 cm³/mol. The van der Waals surface area contributed by atoms with Crippen LogP contribution in [0, 0.1) is 17.2 Å². The van der Waals surface area contributed by atoms with Gasteiger partial charge >= 0.3 is 0 Å². The number of allylic oxidation sites excluding steroid dienone is 2. The van der Waals surface area contributed by atoms with E-state index in [0.29, 0.717) is 0 Å². The summed E-state index contributed by atoms with van der Waals surface area (Å²) in [6.07, 6.45) is 6.66. The minimum absolute atomic E-state index is 0.724. The first-order chi connectivity index (χ1) is 19.7. The minimum atomic E-state index is -4.94. The number of aryl methyl sites for hydroxylation is 2. The summed E-state index contributed by atoms with van der Waals surface area (Å²) in [7, 11) is -4.94. The van der Waals surface area contributed by atoms with E-state index >= 15 is 0 Å². The van der Waals surface area contributed by atoms with Crippen molar-refractivity contribution < 1.29 is 33.4 Å². The molecule has 0 spiro atoms. The van der Waals surface area contributed by atoms with E-state index in [1.807, 2.05) is 11.3 Å². The number of anilines is 3. The van der Waals surface area contributed by atoms with E-state index in [9.17, 15) is 0 Å². The molecule has 8 nitrogen and oxygen atoms in total. The highest BCUT2D eigenvalue weighted by Gasteiger charge is 2.32. The lowest BCUT2D eigenvalue weighted by atomic mass is 10.2. The lowest BCUT2D eigenvalue weighted by Crippen LogP contribution is -2.68. The largest absolute Gasteiger partial charge is 0.320 e. The fraction of sp³-hybridized carbons (Fsp3) is 0.133. The average Bonchev–Trinajstić information content (AvgIpc) is 3.61. The number of rotatable bonds is 6. The Morgan fingerprint density at radius 1 is 0.902 bits per heavy atom. The second kappa shape index (κ2) is 12.5. The first-order valence-electron chi connectivity index (χ1n) is 12.8. The van der Waals surface area contributed by atoms with Crippen molar-refractivity contribution in [2.45, 2.75) is 26.9 Å². The summed E-state index contributed by atoms with van der Waals surface area (Å²) in [4.78, 5) is 9.49. The summed E-state index contributed by atoms with van der Waals surface area (Å²) in [5, 5.41) is 4.51. The lowest BCUT2D eigenvalue weighted by molar-refractivity contribution is -2.00. The van der Waals surface area contributed by atoms with Gasteiger partial charge in [-0.2, -0.15) is 4.57 Å². The van der Waals surface area contributed by atoms with E-state index in [1.54, 1.807) is 11.3 Å². The van der Waals surface area contributed by atoms with Gasteiger partial charge in [0.1, 0.15) is 17.1 Å². The van der Waals surface area contributed by atoms with Crippen LogP contribution in [0.3, 0.4) is 0 Å². The summed E-state index contributed by atoms with van der Waals surface area (Å²) in [6, 6.07) is 27.8. The number of nitrogens with zero attached hydrogens (tertiary/aromatic N) is 4. The van der Waals surface area contributed by atoms with Gasteiger partial charge in [-0.1, -0.05) is 59.9 Å². The van der Waals surface area contributed by atoms with Gasteiger partial charge in [0, 0.05) is 23.2 Å². The topological polar surface area (TPSA) is 115 Å². The van der Waals surface area contributed by atoms with E-state index in [1.165, 1.54) is 26.6 Å². The summed E-state index contributed by atoms with van der Waals surface area (Å²) in [5.74, 6) is 1.12. The number of benzene rings is 3. The minimum Gasteiger partial charge on any atom is -0.320 e. The molecule has 0 unspecified atom stereocenters. The third-order valence-electron chi connectivity index (χ3n) is 6.36. The van der Waals surface area contributed by atoms with Crippen LogP contribution < -0.4 is 33.0 Å². The molecule has 6 rings (SSSR count). The Hall–Kier alpha value is -3.61. The molecule has 0 radical (unpaired) electrons. The maximum atomic E-state index is 8.49. The third-order valence-corrected chi connectivity index (χ3v) is 8.31. The van der Waals surface area contributed by atoms with Gasteiger partial charge in [0.2, 0.25) is 5.52 Å². The van der Waals surface area contributed by atoms with Crippen molar-refractivity contribution in [1.29, 1.82) is 0 Å². The predicted octanol–water partition coefficient (Wildman–Crippen LogP) is 2.93. The Kier molecular flexibility index (Phi) is 8.81. The highest BCUT2D eigenvalue weighted by molar-refractivity contribution is 7.18. The zero-order valence-electron chi connectivity index (χ0n) is 22.3. The Morgan fingerprint density at radius 2 is 1.56 bits per heavy atom. The molecule has 210 valence electrons. The number of hydrogen-bond donors (Lipinski definition) is 0. The molecular formula is C30H27ClN4O4S2. The molecule has 0 saturated heterocycles. The highest BCUT2D eigenvalue weighted by Crippen LogP contribution is 2.46. The second-order valence-corrected chi connectivity index (χ2v) is 11.9. The molecule has 0 atom stereocenters. The maximum absolute atomic E-state index is 8.49. The molecule has 3 heterocycles. The van der Waals surface area contributed by atoms with Crippen LogP contribution in [0.4, 0.5) is 17.1 Å². The molecule has 0 aliphatic carbocycles. The second-order valence-electron chi connectivity index (χ2n) is 9.02. The van der Waals surface area contributed by atoms with Crippen LogP contribution in [0.15, 0.2) is 102 Å². The molecular weight excluding hydrogens is 580 g/mol. The zero-order valence-corrected chi connectivity index (χ0v) is 24.7. The Labute approximate surface area is 248 Å². The summed E-state index contributed by atoms with van der Waals surface area (Å²) in [6.45, 7) is 5.94. The average molecular weight is 607 g/mol. The van der Waals surface area contributed by atoms with Crippen LogP contribution in [-0.4, -0.2) is 4.98 Å². The molecule has 5 aromatic rings.